The zero-order chi connectivity index (χ0) is 11.8. The standard InChI is InChI=1S/C10H6F4N2/c11-8-2-1-6(10(12,13)14)3-7(8)9-4-15-5-16-9/h1-5H,(H,15,16). The number of aromatic amines is 1. The van der Waals surface area contributed by atoms with Crippen LogP contribution in [-0.2, 0) is 6.18 Å². The number of alkyl halides is 3. The molecule has 1 N–H and O–H groups in total. The van der Waals surface area contributed by atoms with Crippen molar-refractivity contribution in [2.45, 2.75) is 6.18 Å². The van der Waals surface area contributed by atoms with Gasteiger partial charge in [0.2, 0.25) is 0 Å². The van der Waals surface area contributed by atoms with Gasteiger partial charge in [0, 0.05) is 5.56 Å². The maximum Gasteiger partial charge on any atom is 0.416 e. The lowest BCUT2D eigenvalue weighted by Gasteiger charge is -2.08. The van der Waals surface area contributed by atoms with Gasteiger partial charge in [-0.2, -0.15) is 13.2 Å². The van der Waals surface area contributed by atoms with Crippen LogP contribution in [0.1, 0.15) is 5.56 Å². The molecule has 0 saturated carbocycles. The van der Waals surface area contributed by atoms with Gasteiger partial charge >= 0.3 is 6.18 Å². The fraction of sp³-hybridized carbons (Fsp3) is 0.100. The third-order valence-corrected chi connectivity index (χ3v) is 2.08. The second-order valence-electron chi connectivity index (χ2n) is 3.16. The van der Waals surface area contributed by atoms with Gasteiger partial charge < -0.3 is 4.98 Å². The van der Waals surface area contributed by atoms with E-state index in [9.17, 15) is 17.6 Å². The molecule has 2 nitrogen and oxygen atoms in total. The number of nitrogens with zero attached hydrogens (tertiary/aromatic N) is 1. The summed E-state index contributed by atoms with van der Waals surface area (Å²) in [6.45, 7) is 0. The van der Waals surface area contributed by atoms with Gasteiger partial charge in [0.05, 0.1) is 23.8 Å². The fourth-order valence-electron chi connectivity index (χ4n) is 1.31. The first-order valence-corrected chi connectivity index (χ1v) is 4.34. The smallest absolute Gasteiger partial charge is 0.345 e. The Morgan fingerprint density at radius 1 is 1.19 bits per heavy atom. The van der Waals surface area contributed by atoms with Crippen LogP contribution < -0.4 is 0 Å². The minimum Gasteiger partial charge on any atom is -0.345 e. The first-order valence-electron chi connectivity index (χ1n) is 4.34. The van der Waals surface area contributed by atoms with Crippen LogP contribution in [0.5, 0.6) is 0 Å². The van der Waals surface area contributed by atoms with Crippen LogP contribution in [0.3, 0.4) is 0 Å². The number of nitrogens with one attached hydrogen (secondary N) is 1. The molecule has 2 aromatic rings. The normalized spacial score (nSPS) is 11.8. The van der Waals surface area contributed by atoms with Gasteiger partial charge in [0.1, 0.15) is 5.82 Å². The molecule has 0 aliphatic heterocycles. The summed E-state index contributed by atoms with van der Waals surface area (Å²) in [5.74, 6) is -0.725. The molecule has 1 heterocycles. The summed E-state index contributed by atoms with van der Waals surface area (Å²) in [5, 5.41) is 0. The third kappa shape index (κ3) is 1.91. The van der Waals surface area contributed by atoms with Crippen LogP contribution in [0, 0.1) is 5.82 Å². The minimum atomic E-state index is -4.48. The molecule has 0 saturated heterocycles. The topological polar surface area (TPSA) is 28.7 Å². The van der Waals surface area contributed by atoms with Crippen molar-refractivity contribution in [3.05, 3.63) is 42.1 Å². The third-order valence-electron chi connectivity index (χ3n) is 2.08. The van der Waals surface area contributed by atoms with Gasteiger partial charge in [0.15, 0.2) is 0 Å². The van der Waals surface area contributed by atoms with Crippen molar-refractivity contribution in [1.82, 2.24) is 9.97 Å². The molecule has 0 radical (unpaired) electrons. The van der Waals surface area contributed by atoms with E-state index in [1.807, 2.05) is 0 Å². The monoisotopic (exact) mass is 230 g/mol. The lowest BCUT2D eigenvalue weighted by Crippen LogP contribution is -2.05. The molecule has 0 bridgehead atoms. The lowest BCUT2D eigenvalue weighted by molar-refractivity contribution is -0.137. The van der Waals surface area contributed by atoms with Crippen molar-refractivity contribution < 1.29 is 17.6 Å². The Kier molecular flexibility index (Phi) is 2.41. The van der Waals surface area contributed by atoms with Crippen LogP contribution in [-0.4, -0.2) is 9.97 Å². The Morgan fingerprint density at radius 3 is 2.50 bits per heavy atom. The maximum atomic E-state index is 13.3. The molecule has 0 fully saturated rings. The first-order chi connectivity index (χ1) is 7.48. The Balaban J connectivity index is 2.54. The number of hydrogen-bond donors (Lipinski definition) is 1. The second kappa shape index (κ2) is 3.62. The summed E-state index contributed by atoms with van der Waals surface area (Å²) in [4.78, 5) is 6.18. The van der Waals surface area contributed by atoms with E-state index < -0.39 is 17.6 Å². The van der Waals surface area contributed by atoms with Crippen LogP contribution in [0.2, 0.25) is 0 Å². The zero-order valence-corrected chi connectivity index (χ0v) is 7.85. The number of imidazole rings is 1. The van der Waals surface area contributed by atoms with Crippen LogP contribution >= 0.6 is 0 Å². The van der Waals surface area contributed by atoms with E-state index in [2.05, 4.69) is 9.97 Å². The number of benzene rings is 1. The Bertz CT molecular complexity index is 488. The molecule has 6 heteroatoms. The van der Waals surface area contributed by atoms with Gasteiger partial charge in [0.25, 0.3) is 0 Å². The zero-order valence-electron chi connectivity index (χ0n) is 7.85. The first kappa shape index (κ1) is 10.7. The average molecular weight is 230 g/mol. The Morgan fingerprint density at radius 2 is 1.94 bits per heavy atom. The average Bonchev–Trinajstić information content (AvgIpc) is 2.69. The van der Waals surface area contributed by atoms with Crippen molar-refractivity contribution in [2.75, 3.05) is 0 Å². The molecular weight excluding hydrogens is 224 g/mol. The largest absolute Gasteiger partial charge is 0.416 e. The molecule has 0 spiro atoms. The SMILES string of the molecule is Fc1ccc(C(F)(F)F)cc1-c1cnc[nH]1. The van der Waals surface area contributed by atoms with Gasteiger partial charge in [-0.15, -0.1) is 0 Å². The predicted molar refractivity (Wildman–Crippen MR) is 49.0 cm³/mol. The van der Waals surface area contributed by atoms with Gasteiger partial charge in [-0.25, -0.2) is 9.37 Å². The maximum absolute atomic E-state index is 13.3. The van der Waals surface area contributed by atoms with E-state index in [4.69, 9.17) is 0 Å². The van der Waals surface area contributed by atoms with E-state index in [0.29, 0.717) is 6.07 Å². The Hall–Kier alpha value is -1.85. The number of H-pyrrole nitrogens is 1. The highest BCUT2D eigenvalue weighted by molar-refractivity contribution is 5.60. The summed E-state index contributed by atoms with van der Waals surface area (Å²) in [6, 6.07) is 2.25. The molecule has 0 atom stereocenters. The molecule has 1 aromatic carbocycles. The molecule has 16 heavy (non-hydrogen) atoms. The summed E-state index contributed by atoms with van der Waals surface area (Å²) >= 11 is 0. The van der Waals surface area contributed by atoms with E-state index in [-0.39, 0.29) is 11.3 Å². The predicted octanol–water partition coefficient (Wildman–Crippen LogP) is 3.23. The highest BCUT2D eigenvalue weighted by Crippen LogP contribution is 2.32. The lowest BCUT2D eigenvalue weighted by atomic mass is 10.1. The quantitative estimate of drug-likeness (QED) is 0.748. The Labute approximate surface area is 87.9 Å². The molecule has 1 aromatic heterocycles. The van der Waals surface area contributed by atoms with Crippen molar-refractivity contribution in [2.24, 2.45) is 0 Å². The van der Waals surface area contributed by atoms with Crippen LogP contribution in [0.25, 0.3) is 11.3 Å². The molecule has 0 aliphatic rings. The van der Waals surface area contributed by atoms with E-state index >= 15 is 0 Å². The summed E-state index contributed by atoms with van der Waals surface area (Å²) in [7, 11) is 0. The van der Waals surface area contributed by atoms with Gasteiger partial charge in [-0.1, -0.05) is 0 Å². The number of rotatable bonds is 1. The highest BCUT2D eigenvalue weighted by atomic mass is 19.4. The van der Waals surface area contributed by atoms with E-state index in [0.717, 1.165) is 12.1 Å². The van der Waals surface area contributed by atoms with Crippen molar-refractivity contribution in [3.63, 3.8) is 0 Å². The number of hydrogen-bond acceptors (Lipinski definition) is 1. The fourth-order valence-corrected chi connectivity index (χ4v) is 1.31. The van der Waals surface area contributed by atoms with Crippen LogP contribution in [0.15, 0.2) is 30.7 Å². The summed E-state index contributed by atoms with van der Waals surface area (Å²) in [6.07, 6.45) is -1.95. The highest BCUT2D eigenvalue weighted by Gasteiger charge is 2.31. The van der Waals surface area contributed by atoms with Gasteiger partial charge in [-0.3, -0.25) is 0 Å². The molecule has 0 unspecified atom stereocenters. The van der Waals surface area contributed by atoms with Crippen molar-refractivity contribution in [1.29, 1.82) is 0 Å². The molecule has 84 valence electrons. The molecular formula is C10H6F4N2. The van der Waals surface area contributed by atoms with E-state index in [1.54, 1.807) is 0 Å². The molecule has 2 rings (SSSR count). The van der Waals surface area contributed by atoms with E-state index in [1.165, 1.54) is 12.5 Å². The molecule has 0 aliphatic carbocycles. The molecule has 0 amide bonds. The minimum absolute atomic E-state index is 0.146. The van der Waals surface area contributed by atoms with Crippen LogP contribution in [0.4, 0.5) is 17.6 Å². The second-order valence-corrected chi connectivity index (χ2v) is 3.16. The van der Waals surface area contributed by atoms with Crippen molar-refractivity contribution in [3.8, 4) is 11.3 Å². The van der Waals surface area contributed by atoms with Crippen molar-refractivity contribution >= 4 is 0 Å². The van der Waals surface area contributed by atoms with Gasteiger partial charge in [-0.05, 0) is 18.2 Å². The summed E-state index contributed by atoms with van der Waals surface area (Å²) in [5.41, 5.74) is -0.825. The number of halogens is 4. The number of aromatic nitrogens is 2. The summed E-state index contributed by atoms with van der Waals surface area (Å²) < 4.78 is 50.5.